The third-order valence-corrected chi connectivity index (χ3v) is 2.59. The van der Waals surface area contributed by atoms with Crippen molar-refractivity contribution in [2.24, 2.45) is 0 Å². The largest absolute Gasteiger partial charge is 0.493 e. The topological polar surface area (TPSA) is 58.9 Å². The van der Waals surface area contributed by atoms with Gasteiger partial charge in [0.05, 0.1) is 6.61 Å². The van der Waals surface area contributed by atoms with E-state index in [1.54, 1.807) is 7.11 Å². The highest BCUT2D eigenvalue weighted by atomic mass is 16.5. The number of rotatable bonds is 6. The highest BCUT2D eigenvalue weighted by molar-refractivity contribution is 6.59. The van der Waals surface area contributed by atoms with Crippen LogP contribution in [-0.2, 0) is 4.74 Å². The first kappa shape index (κ1) is 14.0. The number of hydrogen-bond donors (Lipinski definition) is 2. The number of hydrogen-bond acceptors (Lipinski definition) is 4. The fraction of sp³-hybridized carbons (Fsp3) is 0.500. The van der Waals surface area contributed by atoms with E-state index in [-0.39, 0.29) is 0 Å². The Morgan fingerprint density at radius 2 is 1.71 bits per heavy atom. The molecule has 0 atom stereocenters. The molecule has 0 fully saturated rings. The van der Waals surface area contributed by atoms with Gasteiger partial charge in [0.15, 0.2) is 0 Å². The molecule has 1 rings (SSSR count). The molecule has 0 aliphatic rings. The number of methoxy groups -OCH3 is 1. The number of aryl methyl sites for hydroxylation is 2. The molecule has 0 aromatic heterocycles. The van der Waals surface area contributed by atoms with Crippen molar-refractivity contribution in [2.45, 2.75) is 20.3 Å². The Bertz CT molecular complexity index is 343. The molecule has 94 valence electrons. The Hall–Kier alpha value is -1.04. The van der Waals surface area contributed by atoms with Crippen LogP contribution < -0.4 is 10.2 Å². The summed E-state index contributed by atoms with van der Waals surface area (Å²) < 4.78 is 10.5. The van der Waals surface area contributed by atoms with Crippen molar-refractivity contribution in [2.75, 3.05) is 20.3 Å². The maximum Gasteiger partial charge on any atom is 0.488 e. The minimum atomic E-state index is -1.43. The molecule has 0 unspecified atom stereocenters. The van der Waals surface area contributed by atoms with Crippen molar-refractivity contribution < 1.29 is 19.5 Å². The first-order valence-corrected chi connectivity index (χ1v) is 5.65. The van der Waals surface area contributed by atoms with Gasteiger partial charge in [0, 0.05) is 20.1 Å². The zero-order valence-corrected chi connectivity index (χ0v) is 10.6. The predicted octanol–water partition coefficient (Wildman–Crippen LogP) is 0.399. The summed E-state index contributed by atoms with van der Waals surface area (Å²) in [6.07, 6.45) is 0.832. The lowest BCUT2D eigenvalue weighted by molar-refractivity contribution is 0.172. The minimum Gasteiger partial charge on any atom is -0.493 e. The van der Waals surface area contributed by atoms with Crippen LogP contribution in [0.2, 0.25) is 0 Å². The molecule has 1 aromatic rings. The molecule has 0 aliphatic carbocycles. The van der Waals surface area contributed by atoms with Crippen molar-refractivity contribution in [3.63, 3.8) is 0 Å². The van der Waals surface area contributed by atoms with E-state index in [2.05, 4.69) is 0 Å². The predicted molar refractivity (Wildman–Crippen MR) is 67.7 cm³/mol. The van der Waals surface area contributed by atoms with Crippen LogP contribution in [0.3, 0.4) is 0 Å². The molecule has 5 heteroatoms. The summed E-state index contributed by atoms with van der Waals surface area (Å²) in [4.78, 5) is 0. The van der Waals surface area contributed by atoms with Crippen LogP contribution in [0.4, 0.5) is 0 Å². The van der Waals surface area contributed by atoms with Crippen molar-refractivity contribution >= 4 is 12.6 Å². The van der Waals surface area contributed by atoms with Gasteiger partial charge in [-0.3, -0.25) is 0 Å². The molecule has 0 amide bonds. The maximum atomic E-state index is 9.22. The highest BCUT2D eigenvalue weighted by Crippen LogP contribution is 2.15. The molecule has 2 N–H and O–H groups in total. The average molecular weight is 238 g/mol. The third-order valence-electron chi connectivity index (χ3n) is 2.59. The highest BCUT2D eigenvalue weighted by Gasteiger charge is 2.17. The molecule has 0 saturated heterocycles. The zero-order valence-electron chi connectivity index (χ0n) is 10.6. The second-order valence-corrected chi connectivity index (χ2v) is 4.04. The Morgan fingerprint density at radius 3 is 2.18 bits per heavy atom. The third kappa shape index (κ3) is 4.04. The zero-order chi connectivity index (χ0) is 12.8. The van der Waals surface area contributed by atoms with E-state index in [1.165, 1.54) is 0 Å². The molecule has 1 aromatic carbocycles. The summed E-state index contributed by atoms with van der Waals surface area (Å²) in [5.74, 6) is 0.750. The first-order valence-electron chi connectivity index (χ1n) is 5.65. The molecular formula is C12H19BO4. The van der Waals surface area contributed by atoms with Gasteiger partial charge in [-0.15, -0.1) is 0 Å². The molecule has 0 heterocycles. The van der Waals surface area contributed by atoms with Crippen molar-refractivity contribution in [3.05, 3.63) is 23.3 Å². The van der Waals surface area contributed by atoms with E-state index in [1.807, 2.05) is 26.0 Å². The molecule has 0 spiro atoms. The standard InChI is InChI=1S/C12H19BO4/c1-9-7-11(17-6-4-5-16-3)8-10(2)12(9)13(14)15/h7-8,14-15H,4-6H2,1-3H3. The van der Waals surface area contributed by atoms with E-state index in [0.29, 0.717) is 18.7 Å². The first-order chi connectivity index (χ1) is 8.06. The summed E-state index contributed by atoms with van der Waals surface area (Å²) in [6, 6.07) is 3.63. The fourth-order valence-corrected chi connectivity index (χ4v) is 1.82. The van der Waals surface area contributed by atoms with Gasteiger partial charge < -0.3 is 19.5 Å². The lowest BCUT2D eigenvalue weighted by Crippen LogP contribution is -2.34. The van der Waals surface area contributed by atoms with E-state index < -0.39 is 7.12 Å². The summed E-state index contributed by atoms with van der Waals surface area (Å²) in [6.45, 7) is 4.94. The Morgan fingerprint density at radius 1 is 1.12 bits per heavy atom. The lowest BCUT2D eigenvalue weighted by Gasteiger charge is -2.12. The second-order valence-electron chi connectivity index (χ2n) is 4.04. The van der Waals surface area contributed by atoms with E-state index in [0.717, 1.165) is 23.3 Å². The molecule has 0 bridgehead atoms. The van der Waals surface area contributed by atoms with Crippen molar-refractivity contribution in [1.29, 1.82) is 0 Å². The van der Waals surface area contributed by atoms with Crippen LogP contribution in [0.1, 0.15) is 17.5 Å². The molecular weight excluding hydrogens is 219 g/mol. The fourth-order valence-electron chi connectivity index (χ4n) is 1.82. The van der Waals surface area contributed by atoms with Crippen LogP contribution in [0.25, 0.3) is 0 Å². The Kier molecular flexibility index (Phi) is 5.48. The van der Waals surface area contributed by atoms with E-state index in [4.69, 9.17) is 9.47 Å². The molecule has 17 heavy (non-hydrogen) atoms. The number of benzene rings is 1. The monoisotopic (exact) mass is 238 g/mol. The quantitative estimate of drug-likeness (QED) is 0.556. The summed E-state index contributed by atoms with van der Waals surface area (Å²) in [7, 11) is 0.226. The minimum absolute atomic E-state index is 0.550. The molecule has 4 nitrogen and oxygen atoms in total. The smallest absolute Gasteiger partial charge is 0.488 e. The van der Waals surface area contributed by atoms with Crippen LogP contribution >= 0.6 is 0 Å². The van der Waals surface area contributed by atoms with Gasteiger partial charge in [-0.25, -0.2) is 0 Å². The Balaban J connectivity index is 2.70. The van der Waals surface area contributed by atoms with Crippen LogP contribution in [0, 0.1) is 13.8 Å². The van der Waals surface area contributed by atoms with Gasteiger partial charge in [-0.1, -0.05) is 0 Å². The summed E-state index contributed by atoms with van der Waals surface area (Å²) >= 11 is 0. The number of ether oxygens (including phenoxy) is 2. The lowest BCUT2D eigenvalue weighted by atomic mass is 9.74. The second kappa shape index (κ2) is 6.64. The van der Waals surface area contributed by atoms with Gasteiger partial charge in [0.2, 0.25) is 0 Å². The van der Waals surface area contributed by atoms with Crippen LogP contribution in [0.5, 0.6) is 5.75 Å². The maximum absolute atomic E-state index is 9.22. The van der Waals surface area contributed by atoms with Crippen molar-refractivity contribution in [1.82, 2.24) is 0 Å². The van der Waals surface area contributed by atoms with Gasteiger partial charge in [-0.2, -0.15) is 0 Å². The summed E-state index contributed by atoms with van der Waals surface area (Å²) in [5.41, 5.74) is 2.19. The SMILES string of the molecule is COCCCOc1cc(C)c(B(O)O)c(C)c1. The van der Waals surface area contributed by atoms with Gasteiger partial charge in [0.1, 0.15) is 5.75 Å². The van der Waals surface area contributed by atoms with E-state index >= 15 is 0 Å². The van der Waals surface area contributed by atoms with Gasteiger partial charge in [0.25, 0.3) is 0 Å². The van der Waals surface area contributed by atoms with Gasteiger partial charge >= 0.3 is 7.12 Å². The van der Waals surface area contributed by atoms with E-state index in [9.17, 15) is 10.0 Å². The Labute approximate surface area is 102 Å². The summed E-state index contributed by atoms with van der Waals surface area (Å²) in [5, 5.41) is 18.4. The molecule has 0 saturated carbocycles. The van der Waals surface area contributed by atoms with Crippen molar-refractivity contribution in [3.8, 4) is 5.75 Å². The molecule has 0 aliphatic heterocycles. The molecule has 0 radical (unpaired) electrons. The van der Waals surface area contributed by atoms with Crippen LogP contribution in [0.15, 0.2) is 12.1 Å². The van der Waals surface area contributed by atoms with Crippen LogP contribution in [-0.4, -0.2) is 37.5 Å². The average Bonchev–Trinajstić information content (AvgIpc) is 2.23. The van der Waals surface area contributed by atoms with Gasteiger partial charge in [-0.05, 0) is 42.6 Å². The normalized spacial score (nSPS) is 10.4.